The number of hydrogen-bond donors (Lipinski definition) is 1. The first kappa shape index (κ1) is 20.1. The Balaban J connectivity index is 1.80. The molecule has 5 aromatic rings. The molecule has 1 aromatic carbocycles. The lowest BCUT2D eigenvalue weighted by Gasteiger charge is -2.11. The van der Waals surface area contributed by atoms with Gasteiger partial charge >= 0.3 is 5.69 Å². The minimum absolute atomic E-state index is 0.00543. The number of carbonyl (C=O) groups excluding carboxylic acids is 1. The van der Waals surface area contributed by atoms with Crippen LogP contribution in [0.5, 0.6) is 0 Å². The normalized spacial score (nSPS) is 11.1. The zero-order valence-corrected chi connectivity index (χ0v) is 17.0. The molecule has 10 nitrogen and oxygen atoms in total. The molecule has 0 atom stereocenters. The summed E-state index contributed by atoms with van der Waals surface area (Å²) in [4.78, 5) is 32.9. The lowest BCUT2D eigenvalue weighted by molar-refractivity contribution is 0.111. The number of nitrogens with zero attached hydrogens (tertiary/aromatic N) is 7. The van der Waals surface area contributed by atoms with Crippen molar-refractivity contribution in [1.29, 1.82) is 0 Å². The molecule has 0 fully saturated rings. The van der Waals surface area contributed by atoms with Crippen molar-refractivity contribution in [3.63, 3.8) is 0 Å². The van der Waals surface area contributed by atoms with Gasteiger partial charge in [0, 0.05) is 11.1 Å². The van der Waals surface area contributed by atoms with Gasteiger partial charge in [0.2, 0.25) is 5.95 Å². The van der Waals surface area contributed by atoms with Crippen molar-refractivity contribution in [3.05, 3.63) is 88.6 Å². The summed E-state index contributed by atoms with van der Waals surface area (Å²) in [5.74, 6) is -0.547. The van der Waals surface area contributed by atoms with Crippen molar-refractivity contribution in [2.24, 2.45) is 0 Å². The number of pyridine rings is 1. The van der Waals surface area contributed by atoms with Crippen LogP contribution in [0.2, 0.25) is 0 Å². The fraction of sp³-hybridized carbons (Fsp3) is 0.0455. The Kier molecular flexibility index (Phi) is 4.90. The number of benzene rings is 1. The number of fused-ring (bicyclic) bond motifs is 1. The fourth-order valence-electron chi connectivity index (χ4n) is 3.51. The second kappa shape index (κ2) is 8.04. The molecular formula is C22H15FN8O2. The van der Waals surface area contributed by atoms with Gasteiger partial charge in [-0.25, -0.2) is 23.3 Å². The van der Waals surface area contributed by atoms with Crippen molar-refractivity contribution in [1.82, 2.24) is 34.3 Å². The highest BCUT2D eigenvalue weighted by Gasteiger charge is 2.22. The van der Waals surface area contributed by atoms with Gasteiger partial charge in [0.1, 0.15) is 11.5 Å². The first-order chi connectivity index (χ1) is 16.0. The molecule has 5 rings (SSSR count). The van der Waals surface area contributed by atoms with Gasteiger partial charge in [-0.05, 0) is 18.2 Å². The standard InChI is InChI=1S/C22H15FN8O2/c23-15-6-7-16(25-10-15)11-30-22(33)31-20(29-30)18(14-8-17(12-32)28-26-9-14)19(27-21(31)24)13-4-2-1-3-5-13/h1-10,12H,11H2,(H2,24,27). The van der Waals surface area contributed by atoms with Crippen molar-refractivity contribution >= 4 is 17.9 Å². The van der Waals surface area contributed by atoms with E-state index in [0.29, 0.717) is 28.8 Å². The summed E-state index contributed by atoms with van der Waals surface area (Å²) in [7, 11) is 0. The Labute approximate surface area is 185 Å². The van der Waals surface area contributed by atoms with Gasteiger partial charge in [-0.2, -0.15) is 5.10 Å². The molecule has 33 heavy (non-hydrogen) atoms. The maximum atomic E-state index is 13.2. The quantitative estimate of drug-likeness (QED) is 0.409. The van der Waals surface area contributed by atoms with Gasteiger partial charge in [-0.1, -0.05) is 30.3 Å². The SMILES string of the molecule is Nc1nc(-c2ccccc2)c(-c2cnnc(C=O)c2)c2nn(Cc3ccc(F)cn3)c(=O)n12. The molecule has 0 aliphatic carbocycles. The van der Waals surface area contributed by atoms with E-state index in [1.807, 2.05) is 30.3 Å². The van der Waals surface area contributed by atoms with E-state index in [-0.39, 0.29) is 23.8 Å². The van der Waals surface area contributed by atoms with Crippen LogP contribution in [0.4, 0.5) is 10.3 Å². The van der Waals surface area contributed by atoms with Gasteiger partial charge < -0.3 is 5.73 Å². The van der Waals surface area contributed by atoms with Gasteiger partial charge in [0.05, 0.1) is 35.9 Å². The molecule has 0 bridgehead atoms. The molecule has 0 saturated heterocycles. The second-order valence-corrected chi connectivity index (χ2v) is 7.11. The maximum Gasteiger partial charge on any atom is 0.353 e. The Bertz CT molecular complexity index is 1550. The predicted molar refractivity (Wildman–Crippen MR) is 117 cm³/mol. The van der Waals surface area contributed by atoms with Crippen LogP contribution in [0, 0.1) is 5.82 Å². The van der Waals surface area contributed by atoms with E-state index >= 15 is 0 Å². The van der Waals surface area contributed by atoms with E-state index in [1.165, 1.54) is 33.5 Å². The third-order valence-electron chi connectivity index (χ3n) is 4.99. The Hall–Kier alpha value is -4.80. The van der Waals surface area contributed by atoms with E-state index < -0.39 is 11.5 Å². The van der Waals surface area contributed by atoms with Crippen LogP contribution >= 0.6 is 0 Å². The zero-order valence-electron chi connectivity index (χ0n) is 17.0. The molecule has 0 unspecified atom stereocenters. The number of hydrogen-bond acceptors (Lipinski definition) is 8. The van der Waals surface area contributed by atoms with Crippen LogP contribution in [-0.2, 0) is 6.54 Å². The number of nitrogen functional groups attached to an aromatic ring is 1. The molecule has 0 radical (unpaired) electrons. The number of halogens is 1. The van der Waals surface area contributed by atoms with Crippen LogP contribution in [0.25, 0.3) is 28.0 Å². The summed E-state index contributed by atoms with van der Waals surface area (Å²) in [6.07, 6.45) is 3.10. The summed E-state index contributed by atoms with van der Waals surface area (Å²) in [5, 5.41) is 12.2. The lowest BCUT2D eigenvalue weighted by Crippen LogP contribution is -2.24. The number of carbonyl (C=O) groups is 1. The molecule has 4 aromatic heterocycles. The van der Waals surface area contributed by atoms with Crippen molar-refractivity contribution < 1.29 is 9.18 Å². The third kappa shape index (κ3) is 3.61. The van der Waals surface area contributed by atoms with Crippen LogP contribution in [0.15, 0.2) is 65.7 Å². The first-order valence-electron chi connectivity index (χ1n) is 9.78. The van der Waals surface area contributed by atoms with E-state index in [1.54, 1.807) is 0 Å². The predicted octanol–water partition coefficient (Wildman–Crippen LogP) is 1.99. The van der Waals surface area contributed by atoms with Gasteiger partial charge in [-0.3, -0.25) is 9.78 Å². The third-order valence-corrected chi connectivity index (χ3v) is 4.99. The number of aldehydes is 1. The summed E-state index contributed by atoms with van der Waals surface area (Å²) < 4.78 is 15.6. The van der Waals surface area contributed by atoms with E-state index in [2.05, 4.69) is 25.3 Å². The van der Waals surface area contributed by atoms with Crippen LogP contribution in [-0.4, -0.2) is 40.6 Å². The fourth-order valence-corrected chi connectivity index (χ4v) is 3.51. The highest BCUT2D eigenvalue weighted by molar-refractivity contribution is 5.91. The van der Waals surface area contributed by atoms with E-state index in [4.69, 9.17) is 5.73 Å². The molecule has 0 aliphatic heterocycles. The molecule has 0 spiro atoms. The minimum atomic E-state index is -0.542. The summed E-state index contributed by atoms with van der Waals surface area (Å²) in [6.45, 7) is -0.00543. The molecule has 162 valence electrons. The Morgan fingerprint density at radius 1 is 1.06 bits per heavy atom. The van der Waals surface area contributed by atoms with Crippen molar-refractivity contribution in [3.8, 4) is 22.4 Å². The molecule has 11 heteroatoms. The molecule has 0 saturated carbocycles. The molecule has 4 heterocycles. The van der Waals surface area contributed by atoms with Crippen LogP contribution in [0.1, 0.15) is 16.2 Å². The highest BCUT2D eigenvalue weighted by atomic mass is 19.1. The van der Waals surface area contributed by atoms with Crippen molar-refractivity contribution in [2.45, 2.75) is 6.54 Å². The second-order valence-electron chi connectivity index (χ2n) is 7.11. The number of nitrogens with two attached hydrogens (primary N) is 1. The number of rotatable bonds is 5. The molecule has 0 amide bonds. The van der Waals surface area contributed by atoms with Crippen LogP contribution < -0.4 is 11.4 Å². The average molecular weight is 442 g/mol. The average Bonchev–Trinajstić information content (AvgIpc) is 3.17. The summed E-state index contributed by atoms with van der Waals surface area (Å²) in [5.41, 5.74) is 8.53. The lowest BCUT2D eigenvalue weighted by atomic mass is 10.0. The summed E-state index contributed by atoms with van der Waals surface area (Å²) >= 11 is 0. The van der Waals surface area contributed by atoms with E-state index in [9.17, 15) is 14.0 Å². The molecule has 2 N–H and O–H groups in total. The largest absolute Gasteiger partial charge is 0.369 e. The number of aromatic nitrogens is 7. The number of anilines is 1. The van der Waals surface area contributed by atoms with Gasteiger partial charge in [-0.15, -0.1) is 10.2 Å². The topological polar surface area (TPSA) is 134 Å². The Morgan fingerprint density at radius 2 is 1.88 bits per heavy atom. The van der Waals surface area contributed by atoms with E-state index in [0.717, 1.165) is 11.8 Å². The smallest absolute Gasteiger partial charge is 0.353 e. The van der Waals surface area contributed by atoms with Gasteiger partial charge in [0.15, 0.2) is 11.9 Å². The molecule has 0 aliphatic rings. The van der Waals surface area contributed by atoms with Gasteiger partial charge in [0.25, 0.3) is 0 Å². The Morgan fingerprint density at radius 3 is 2.61 bits per heavy atom. The monoisotopic (exact) mass is 442 g/mol. The van der Waals surface area contributed by atoms with Crippen molar-refractivity contribution in [2.75, 3.05) is 5.73 Å². The summed E-state index contributed by atoms with van der Waals surface area (Å²) in [6, 6.07) is 13.5. The van der Waals surface area contributed by atoms with Crippen LogP contribution in [0.3, 0.4) is 0 Å². The first-order valence-corrected chi connectivity index (χ1v) is 9.78. The zero-order chi connectivity index (χ0) is 22.9. The highest BCUT2D eigenvalue weighted by Crippen LogP contribution is 2.33. The molecular weight excluding hydrogens is 427 g/mol. The maximum absolute atomic E-state index is 13.2. The minimum Gasteiger partial charge on any atom is -0.369 e.